The lowest BCUT2D eigenvalue weighted by Gasteiger charge is -2.34. The van der Waals surface area contributed by atoms with E-state index in [0.717, 1.165) is 37.6 Å². The number of nitrogens with zero attached hydrogens (tertiary/aromatic N) is 4. The maximum absolute atomic E-state index is 13.1. The molecule has 1 saturated carbocycles. The number of aromatic amines is 1. The summed E-state index contributed by atoms with van der Waals surface area (Å²) in [5.41, 5.74) is 2.39. The summed E-state index contributed by atoms with van der Waals surface area (Å²) >= 11 is 1.80. The lowest BCUT2D eigenvalue weighted by molar-refractivity contribution is -0.132. The molecule has 0 atom stereocenters. The number of rotatable bonds is 5. The number of nitrogens with one attached hydrogen (secondary N) is 1. The van der Waals surface area contributed by atoms with Crippen LogP contribution in [0.3, 0.4) is 0 Å². The molecule has 1 N–H and O–H groups in total. The normalized spacial score (nSPS) is 18.4. The van der Waals surface area contributed by atoms with Gasteiger partial charge in [0.1, 0.15) is 5.82 Å². The molecule has 1 saturated heterocycles. The fourth-order valence-electron chi connectivity index (χ4n) is 4.78. The van der Waals surface area contributed by atoms with Gasteiger partial charge in [0.2, 0.25) is 5.91 Å². The number of piperidine rings is 1. The first-order valence-corrected chi connectivity index (χ1v) is 12.4. The van der Waals surface area contributed by atoms with Crippen LogP contribution in [0, 0.1) is 0 Å². The van der Waals surface area contributed by atoms with Crippen LogP contribution in [0.4, 0.5) is 11.4 Å². The highest BCUT2D eigenvalue weighted by molar-refractivity contribution is 7.99. The fourth-order valence-corrected chi connectivity index (χ4v) is 5.88. The largest absolute Gasteiger partial charge is 0.343 e. The van der Waals surface area contributed by atoms with Gasteiger partial charge in [0.15, 0.2) is 5.82 Å². The Hall–Kier alpha value is -2.80. The molecule has 1 aliphatic carbocycles. The lowest BCUT2D eigenvalue weighted by Crippen LogP contribution is -2.39. The van der Waals surface area contributed by atoms with Crippen LogP contribution in [-0.4, -0.2) is 45.6 Å². The van der Waals surface area contributed by atoms with Crippen LogP contribution in [0.15, 0.2) is 58.3 Å². The third-order valence-corrected chi connectivity index (χ3v) is 7.91. The van der Waals surface area contributed by atoms with Crippen LogP contribution in [0.25, 0.3) is 0 Å². The molecule has 6 rings (SSSR count). The van der Waals surface area contributed by atoms with Crippen molar-refractivity contribution in [3.05, 3.63) is 60.2 Å². The number of H-pyrrole nitrogens is 1. The monoisotopic (exact) mass is 445 g/mol. The molecule has 6 nitrogen and oxygen atoms in total. The van der Waals surface area contributed by atoms with Gasteiger partial charge >= 0.3 is 0 Å². The summed E-state index contributed by atoms with van der Waals surface area (Å²) in [5, 5.41) is 7.56. The second-order valence-electron chi connectivity index (χ2n) is 8.95. The molecule has 0 unspecified atom stereocenters. The van der Waals surface area contributed by atoms with Gasteiger partial charge in [-0.2, -0.15) is 5.10 Å². The summed E-state index contributed by atoms with van der Waals surface area (Å²) in [7, 11) is 0. The molecule has 2 aromatic carbocycles. The highest BCUT2D eigenvalue weighted by Gasteiger charge is 2.31. The number of likely N-dealkylation sites (tertiary alicyclic amines) is 1. The Kier molecular flexibility index (Phi) is 5.14. The van der Waals surface area contributed by atoms with E-state index in [-0.39, 0.29) is 5.91 Å². The highest BCUT2D eigenvalue weighted by Crippen LogP contribution is 2.47. The molecule has 1 aromatic heterocycles. The van der Waals surface area contributed by atoms with Crippen molar-refractivity contribution in [2.24, 2.45) is 0 Å². The van der Waals surface area contributed by atoms with Crippen molar-refractivity contribution in [3.8, 4) is 0 Å². The molecule has 3 heterocycles. The molecule has 2 fully saturated rings. The number of fused-ring (bicyclic) bond motifs is 2. The summed E-state index contributed by atoms with van der Waals surface area (Å²) in [6, 6.07) is 16.9. The second kappa shape index (κ2) is 8.28. The lowest BCUT2D eigenvalue weighted by atomic mass is 9.96. The predicted molar refractivity (Wildman–Crippen MR) is 126 cm³/mol. The van der Waals surface area contributed by atoms with E-state index in [4.69, 9.17) is 4.98 Å². The zero-order chi connectivity index (χ0) is 21.5. The SMILES string of the molecule is O=C(CCN1c2ccccc2Sc2ccccc21)N1CCC(c2nc(C3CC3)n[nH]2)CC1. The molecule has 0 spiro atoms. The van der Waals surface area contributed by atoms with Crippen molar-refractivity contribution in [1.29, 1.82) is 0 Å². The van der Waals surface area contributed by atoms with Crippen molar-refractivity contribution < 1.29 is 4.79 Å². The Morgan fingerprint density at radius 2 is 1.59 bits per heavy atom. The Morgan fingerprint density at radius 3 is 2.25 bits per heavy atom. The van der Waals surface area contributed by atoms with E-state index in [0.29, 0.717) is 24.8 Å². The number of benzene rings is 2. The van der Waals surface area contributed by atoms with Gasteiger partial charge in [0, 0.05) is 47.7 Å². The highest BCUT2D eigenvalue weighted by atomic mass is 32.2. The maximum Gasteiger partial charge on any atom is 0.224 e. The third-order valence-electron chi connectivity index (χ3n) is 6.78. The zero-order valence-corrected chi connectivity index (χ0v) is 18.9. The average Bonchev–Trinajstić information content (AvgIpc) is 3.58. The van der Waals surface area contributed by atoms with Gasteiger partial charge < -0.3 is 9.80 Å². The van der Waals surface area contributed by atoms with E-state index in [9.17, 15) is 4.79 Å². The third kappa shape index (κ3) is 3.79. The summed E-state index contributed by atoms with van der Waals surface area (Å²) in [4.78, 5) is 24.6. The minimum atomic E-state index is 0.243. The predicted octanol–water partition coefficient (Wildman–Crippen LogP) is 5.08. The van der Waals surface area contributed by atoms with Crippen molar-refractivity contribution in [3.63, 3.8) is 0 Å². The van der Waals surface area contributed by atoms with Crippen LogP contribution in [-0.2, 0) is 4.79 Å². The fraction of sp³-hybridized carbons (Fsp3) is 0.400. The van der Waals surface area contributed by atoms with E-state index in [2.05, 4.69) is 63.6 Å². The Morgan fingerprint density at radius 1 is 0.938 bits per heavy atom. The molecule has 0 bridgehead atoms. The van der Waals surface area contributed by atoms with Crippen LogP contribution < -0.4 is 4.90 Å². The molecule has 1 amide bonds. The van der Waals surface area contributed by atoms with Crippen LogP contribution >= 0.6 is 11.8 Å². The molecule has 7 heteroatoms. The van der Waals surface area contributed by atoms with Crippen molar-refractivity contribution in [2.45, 2.75) is 53.7 Å². The van der Waals surface area contributed by atoms with Gasteiger partial charge in [-0.25, -0.2) is 4.98 Å². The number of carbonyl (C=O) groups is 1. The van der Waals surface area contributed by atoms with Crippen LogP contribution in [0.2, 0.25) is 0 Å². The van der Waals surface area contributed by atoms with Crippen molar-refractivity contribution in [2.75, 3.05) is 24.5 Å². The average molecular weight is 446 g/mol. The Balaban J connectivity index is 1.09. The number of hydrogen-bond acceptors (Lipinski definition) is 5. The topological polar surface area (TPSA) is 65.1 Å². The molecular weight excluding hydrogens is 418 g/mol. The first kappa shape index (κ1) is 19.9. The standard InChI is InChI=1S/C25H27N5OS/c31-23(29-14-11-18(12-15-29)25-26-24(27-28-25)17-9-10-17)13-16-30-19-5-1-3-7-21(19)32-22-8-4-2-6-20(22)30/h1-8,17-18H,9-16H2,(H,26,27,28). The summed E-state index contributed by atoms with van der Waals surface area (Å²) in [6.45, 7) is 2.29. The van der Waals surface area contributed by atoms with E-state index < -0.39 is 0 Å². The van der Waals surface area contributed by atoms with Crippen LogP contribution in [0.5, 0.6) is 0 Å². The minimum Gasteiger partial charge on any atom is -0.343 e. The van der Waals surface area contributed by atoms with E-state index in [1.54, 1.807) is 11.8 Å². The summed E-state index contributed by atoms with van der Waals surface area (Å²) in [6.07, 6.45) is 4.87. The molecule has 32 heavy (non-hydrogen) atoms. The van der Waals surface area contributed by atoms with E-state index >= 15 is 0 Å². The maximum atomic E-state index is 13.1. The first-order chi connectivity index (χ1) is 15.8. The van der Waals surface area contributed by atoms with Gasteiger partial charge in [-0.05, 0) is 49.9 Å². The van der Waals surface area contributed by atoms with Crippen LogP contribution in [0.1, 0.15) is 55.6 Å². The molecule has 2 aliphatic heterocycles. The smallest absolute Gasteiger partial charge is 0.224 e. The van der Waals surface area contributed by atoms with Crippen molar-refractivity contribution >= 4 is 29.0 Å². The number of amides is 1. The quantitative estimate of drug-likeness (QED) is 0.593. The number of anilines is 2. The van der Waals surface area contributed by atoms with Gasteiger partial charge in [0.25, 0.3) is 0 Å². The molecule has 3 aromatic rings. The van der Waals surface area contributed by atoms with E-state index in [1.807, 2.05) is 4.90 Å². The molecule has 164 valence electrons. The van der Waals surface area contributed by atoms with Gasteiger partial charge in [-0.3, -0.25) is 9.89 Å². The second-order valence-corrected chi connectivity index (χ2v) is 10.0. The number of carbonyl (C=O) groups excluding carboxylic acids is 1. The minimum absolute atomic E-state index is 0.243. The van der Waals surface area contributed by atoms with Gasteiger partial charge in [0.05, 0.1) is 11.4 Å². The molecular formula is C25H27N5OS. The summed E-state index contributed by atoms with van der Waals surface area (Å²) in [5.74, 6) is 3.20. The Bertz CT molecular complexity index is 1090. The zero-order valence-electron chi connectivity index (χ0n) is 18.0. The first-order valence-electron chi connectivity index (χ1n) is 11.6. The van der Waals surface area contributed by atoms with E-state index in [1.165, 1.54) is 34.0 Å². The van der Waals surface area contributed by atoms with Gasteiger partial charge in [-0.1, -0.05) is 36.0 Å². The van der Waals surface area contributed by atoms with Gasteiger partial charge in [-0.15, -0.1) is 0 Å². The van der Waals surface area contributed by atoms with Crippen molar-refractivity contribution in [1.82, 2.24) is 20.1 Å². The Labute approximate surface area is 192 Å². The summed E-state index contributed by atoms with van der Waals surface area (Å²) < 4.78 is 0. The number of hydrogen-bond donors (Lipinski definition) is 1. The molecule has 3 aliphatic rings. The number of para-hydroxylation sites is 2. The molecule has 0 radical (unpaired) electrons. The number of aromatic nitrogens is 3.